The molecule has 24 rings (SSSR count). The van der Waals surface area contributed by atoms with Crippen molar-refractivity contribution < 1.29 is 0 Å². The molecular formula is C121H78N8. The molecule has 8 nitrogen and oxygen atoms in total. The standard InChI is InChI=1S/C121H78N8/c1-121(2)109-72-87(58-60-107(109)114-104-40-17-16-39-103(104)108(73-110(114)121)81-51-44-76(45-52-81)95-67-96(86-33-20-34-90(63-86)111-43-18-19-62-122-111)71-98(70-95)117-125-115(84-26-4-3-5-27-84)124-116(126-117)91-57-50-75-23-6-7-28-85(75)64-91)92-59-61-112(123-74-92)82-53-46-77(47-54-82)93-66-94(78-48-55-83(56-49-78)113-101-37-14-10-29-88(101)65-89-30-11-15-38-102(89)113)69-97(68-93)118-127-119(105-41-21-31-79-24-8-12-35-99(79)105)129-120(128-118)106-42-22-32-80-25-9-13-36-100(80)106/h3-74H,1-2H3. The number of hydrogen-bond donors (Lipinski definition) is 0. The first-order valence-corrected chi connectivity index (χ1v) is 43.9. The van der Waals surface area contributed by atoms with E-state index in [9.17, 15) is 0 Å². The Labute approximate surface area is 746 Å². The van der Waals surface area contributed by atoms with Crippen LogP contribution in [0.5, 0.6) is 0 Å². The predicted octanol–water partition coefficient (Wildman–Crippen LogP) is 31.1. The van der Waals surface area contributed by atoms with E-state index in [-0.39, 0.29) is 5.41 Å². The summed E-state index contributed by atoms with van der Waals surface area (Å²) in [6.07, 6.45) is 3.88. The summed E-state index contributed by atoms with van der Waals surface area (Å²) in [6.45, 7) is 4.76. The van der Waals surface area contributed by atoms with Gasteiger partial charge in [-0.25, -0.2) is 29.9 Å². The molecule has 1 aliphatic rings. The third-order valence-corrected chi connectivity index (χ3v) is 26.0. The van der Waals surface area contributed by atoms with Gasteiger partial charge >= 0.3 is 0 Å². The van der Waals surface area contributed by atoms with E-state index in [1.807, 2.05) is 42.7 Å². The van der Waals surface area contributed by atoms with E-state index in [0.717, 1.165) is 155 Å². The molecule has 23 aromatic rings. The van der Waals surface area contributed by atoms with Crippen molar-refractivity contribution in [2.24, 2.45) is 0 Å². The largest absolute Gasteiger partial charge is 0.256 e. The molecule has 4 heterocycles. The predicted molar refractivity (Wildman–Crippen MR) is 533 cm³/mol. The van der Waals surface area contributed by atoms with Crippen LogP contribution in [0.2, 0.25) is 0 Å². The second-order valence-electron chi connectivity index (χ2n) is 34.1. The molecule has 19 aromatic carbocycles. The molecule has 0 bridgehead atoms. The summed E-state index contributed by atoms with van der Waals surface area (Å²) in [6, 6.07) is 152. The molecule has 0 saturated heterocycles. The van der Waals surface area contributed by atoms with Gasteiger partial charge in [-0.3, -0.25) is 9.97 Å². The maximum atomic E-state index is 5.46. The van der Waals surface area contributed by atoms with Crippen LogP contribution < -0.4 is 0 Å². The van der Waals surface area contributed by atoms with Gasteiger partial charge in [0.1, 0.15) is 0 Å². The van der Waals surface area contributed by atoms with Crippen LogP contribution in [-0.2, 0) is 5.41 Å². The van der Waals surface area contributed by atoms with Crippen molar-refractivity contribution in [3.05, 3.63) is 448 Å². The Morgan fingerprint density at radius 3 is 1.18 bits per heavy atom. The van der Waals surface area contributed by atoms with Gasteiger partial charge in [-0.2, -0.15) is 0 Å². The lowest BCUT2D eigenvalue weighted by molar-refractivity contribution is 0.661. The lowest BCUT2D eigenvalue weighted by Gasteiger charge is -2.23. The molecule has 129 heavy (non-hydrogen) atoms. The van der Waals surface area contributed by atoms with Gasteiger partial charge < -0.3 is 0 Å². The van der Waals surface area contributed by atoms with Crippen LogP contribution in [-0.4, -0.2) is 39.9 Å². The quantitative estimate of drug-likeness (QED) is 0.0935. The van der Waals surface area contributed by atoms with Crippen LogP contribution in [0, 0.1) is 0 Å². The van der Waals surface area contributed by atoms with E-state index >= 15 is 0 Å². The van der Waals surface area contributed by atoms with Gasteiger partial charge in [0.25, 0.3) is 0 Å². The molecule has 0 atom stereocenters. The van der Waals surface area contributed by atoms with E-state index in [4.69, 9.17) is 39.9 Å². The summed E-state index contributed by atoms with van der Waals surface area (Å²) < 4.78 is 0. The van der Waals surface area contributed by atoms with Crippen LogP contribution in [0.25, 0.3) is 244 Å². The molecule has 0 amide bonds. The Bertz CT molecular complexity index is 8260. The summed E-state index contributed by atoms with van der Waals surface area (Å²) in [7, 11) is 0. The maximum Gasteiger partial charge on any atom is 0.164 e. The first-order valence-electron chi connectivity index (χ1n) is 43.9. The molecule has 0 spiro atoms. The Morgan fingerprint density at radius 2 is 0.581 bits per heavy atom. The molecule has 0 aliphatic heterocycles. The Morgan fingerprint density at radius 1 is 0.171 bits per heavy atom. The summed E-state index contributed by atoms with van der Waals surface area (Å²) in [5, 5.41) is 14.0. The van der Waals surface area contributed by atoms with Crippen LogP contribution in [0.4, 0.5) is 0 Å². The maximum absolute atomic E-state index is 5.46. The summed E-state index contributed by atoms with van der Waals surface area (Å²) in [5.41, 5.74) is 29.3. The first-order chi connectivity index (χ1) is 63.6. The molecule has 0 unspecified atom stereocenters. The minimum absolute atomic E-state index is 0.340. The van der Waals surface area contributed by atoms with Crippen molar-refractivity contribution >= 4 is 64.6 Å². The Kier molecular flexibility index (Phi) is 18.4. The van der Waals surface area contributed by atoms with Crippen molar-refractivity contribution in [2.45, 2.75) is 19.3 Å². The summed E-state index contributed by atoms with van der Waals surface area (Å²) in [5.74, 6) is 3.59. The minimum atomic E-state index is -0.340. The second kappa shape index (κ2) is 31.4. The number of aromatic nitrogens is 8. The van der Waals surface area contributed by atoms with Crippen molar-refractivity contribution in [1.29, 1.82) is 0 Å². The highest BCUT2D eigenvalue weighted by atomic mass is 15.0. The summed E-state index contributed by atoms with van der Waals surface area (Å²) >= 11 is 0. The van der Waals surface area contributed by atoms with Crippen LogP contribution in [0.3, 0.4) is 0 Å². The molecule has 0 radical (unpaired) electrons. The van der Waals surface area contributed by atoms with E-state index < -0.39 is 0 Å². The zero-order valence-corrected chi connectivity index (χ0v) is 70.6. The van der Waals surface area contributed by atoms with Gasteiger partial charge in [0.15, 0.2) is 34.9 Å². The first kappa shape index (κ1) is 75.8. The van der Waals surface area contributed by atoms with Crippen molar-refractivity contribution in [2.75, 3.05) is 0 Å². The van der Waals surface area contributed by atoms with Crippen LogP contribution >= 0.6 is 0 Å². The van der Waals surface area contributed by atoms with E-state index in [1.165, 1.54) is 65.7 Å². The highest BCUT2D eigenvalue weighted by Gasteiger charge is 2.38. The number of pyridine rings is 2. The second-order valence-corrected chi connectivity index (χ2v) is 34.1. The number of fused-ring (bicyclic) bond motifs is 10. The lowest BCUT2D eigenvalue weighted by atomic mass is 9.80. The van der Waals surface area contributed by atoms with Crippen molar-refractivity contribution in [1.82, 2.24) is 39.9 Å². The number of nitrogens with zero attached hydrogens (tertiary/aromatic N) is 8. The third kappa shape index (κ3) is 13.8. The fraction of sp³-hybridized carbons (Fsp3) is 0.0248. The van der Waals surface area contributed by atoms with Crippen molar-refractivity contribution in [3.8, 4) is 180 Å². The third-order valence-electron chi connectivity index (χ3n) is 26.0. The number of rotatable bonds is 15. The smallest absolute Gasteiger partial charge is 0.164 e. The van der Waals surface area contributed by atoms with E-state index in [1.54, 1.807) is 0 Å². The van der Waals surface area contributed by atoms with Gasteiger partial charge in [-0.15, -0.1) is 0 Å². The van der Waals surface area contributed by atoms with Crippen LogP contribution in [0.15, 0.2) is 437 Å². The SMILES string of the molecule is CC1(C)c2cc(-c3ccc(-c4ccc(-c5cc(-c6ccc(-c7c8ccccc8cc8ccccc78)cc6)cc(-c6nc(-c7cccc8ccccc78)nc(-c7cccc8ccccc78)n6)c5)cc4)nc3)ccc2-c2c1cc(-c1ccc(-c3cc(-c4cccc(-c5ccccn5)c4)cc(-c4nc(-c5ccccc5)nc(-c5ccc6ccccc6c5)n4)c3)cc1)c1ccccc21. The fourth-order valence-corrected chi connectivity index (χ4v) is 19.4. The number of benzene rings is 19. The average molecular weight is 1640 g/mol. The number of hydrogen-bond acceptors (Lipinski definition) is 8. The molecule has 1 aliphatic carbocycles. The van der Waals surface area contributed by atoms with E-state index in [2.05, 4.69) is 408 Å². The minimum Gasteiger partial charge on any atom is -0.256 e. The van der Waals surface area contributed by atoms with Crippen molar-refractivity contribution in [3.63, 3.8) is 0 Å². The van der Waals surface area contributed by atoms with Gasteiger partial charge in [-0.1, -0.05) is 354 Å². The van der Waals surface area contributed by atoms with Gasteiger partial charge in [-0.05, 0) is 244 Å². The molecule has 0 fully saturated rings. The van der Waals surface area contributed by atoms with E-state index in [0.29, 0.717) is 34.9 Å². The highest BCUT2D eigenvalue weighted by molar-refractivity contribution is 6.14. The molecule has 0 saturated carbocycles. The Hall–Kier alpha value is -16.9. The monoisotopic (exact) mass is 1640 g/mol. The topological polar surface area (TPSA) is 103 Å². The van der Waals surface area contributed by atoms with Gasteiger partial charge in [0.05, 0.1) is 11.4 Å². The average Bonchev–Trinajstić information content (AvgIpc) is 1.58. The molecule has 8 heteroatoms. The van der Waals surface area contributed by atoms with Crippen LogP contribution in [0.1, 0.15) is 25.0 Å². The summed E-state index contributed by atoms with van der Waals surface area (Å²) in [4.78, 5) is 42.1. The zero-order chi connectivity index (χ0) is 85.6. The molecule has 0 N–H and O–H groups in total. The molecular weight excluding hydrogens is 1570 g/mol. The fourth-order valence-electron chi connectivity index (χ4n) is 19.4. The molecule has 4 aromatic heterocycles. The lowest BCUT2D eigenvalue weighted by Crippen LogP contribution is -2.15. The zero-order valence-electron chi connectivity index (χ0n) is 70.6. The highest BCUT2D eigenvalue weighted by Crippen LogP contribution is 2.55. The van der Waals surface area contributed by atoms with Gasteiger partial charge in [0, 0.05) is 67.9 Å². The van der Waals surface area contributed by atoms with Gasteiger partial charge in [0.2, 0.25) is 0 Å². The normalized spacial score (nSPS) is 12.2. The molecule has 602 valence electrons. The Balaban J connectivity index is 0.553.